The first-order valence-electron chi connectivity index (χ1n) is 12.4. The second-order valence-electron chi connectivity index (χ2n) is 9.06. The Morgan fingerprint density at radius 3 is 2.45 bits per heavy atom. The van der Waals surface area contributed by atoms with Crippen LogP contribution >= 0.6 is 23.2 Å². The topological polar surface area (TPSA) is 90.9 Å². The summed E-state index contributed by atoms with van der Waals surface area (Å²) in [4.78, 5) is 40.8. The average Bonchev–Trinajstić information content (AvgIpc) is 2.88. The van der Waals surface area contributed by atoms with E-state index in [9.17, 15) is 14.4 Å². The number of carbonyl (C=O) groups excluding carboxylic acids is 3. The number of dihydropyridines is 1. The van der Waals surface area contributed by atoms with E-state index in [1.807, 2.05) is 18.2 Å². The molecular formula is C29H29Cl2NO6. The van der Waals surface area contributed by atoms with Crippen LogP contribution in [0, 0.1) is 5.92 Å². The fourth-order valence-corrected chi connectivity index (χ4v) is 5.77. The third-order valence-corrected chi connectivity index (χ3v) is 7.41. The van der Waals surface area contributed by atoms with Crippen molar-refractivity contribution in [3.05, 3.63) is 86.2 Å². The Balaban J connectivity index is 1.93. The summed E-state index contributed by atoms with van der Waals surface area (Å²) in [6.45, 7) is 5.44. The quantitative estimate of drug-likeness (QED) is 0.344. The predicted molar refractivity (Wildman–Crippen MR) is 144 cm³/mol. The largest absolute Gasteiger partial charge is 0.497 e. The molecule has 0 fully saturated rings. The number of benzene rings is 2. The van der Waals surface area contributed by atoms with E-state index < -0.39 is 35.5 Å². The highest BCUT2D eigenvalue weighted by molar-refractivity contribution is 6.35. The zero-order chi connectivity index (χ0) is 27.6. The molecule has 9 heteroatoms. The summed E-state index contributed by atoms with van der Waals surface area (Å²) in [6, 6.07) is 12.2. The Hall–Kier alpha value is -3.29. The number of Topliss-reactive ketones (excluding diaryl/α,β-unsaturated/α-hetero) is 1. The van der Waals surface area contributed by atoms with E-state index in [-0.39, 0.29) is 18.8 Å². The maximum absolute atomic E-state index is 14.3. The van der Waals surface area contributed by atoms with Crippen molar-refractivity contribution in [3.8, 4) is 5.75 Å². The number of carbonyl (C=O) groups is 3. The maximum atomic E-state index is 14.3. The lowest BCUT2D eigenvalue weighted by molar-refractivity contribution is -0.152. The molecule has 38 heavy (non-hydrogen) atoms. The van der Waals surface area contributed by atoms with Gasteiger partial charge in [0.2, 0.25) is 0 Å². The van der Waals surface area contributed by atoms with Crippen LogP contribution in [0.25, 0.3) is 0 Å². The van der Waals surface area contributed by atoms with Crippen molar-refractivity contribution in [1.29, 1.82) is 0 Å². The van der Waals surface area contributed by atoms with Crippen molar-refractivity contribution < 1.29 is 28.6 Å². The first-order valence-corrected chi connectivity index (χ1v) is 13.1. The number of allylic oxidation sites excluding steroid dienone is 3. The Kier molecular flexibility index (Phi) is 8.48. The average molecular weight is 558 g/mol. The van der Waals surface area contributed by atoms with Crippen LogP contribution in [0.3, 0.4) is 0 Å². The Morgan fingerprint density at radius 1 is 1.05 bits per heavy atom. The Labute approximate surface area is 231 Å². The summed E-state index contributed by atoms with van der Waals surface area (Å²) in [7, 11) is 1.56. The minimum absolute atomic E-state index is 0.122. The molecule has 200 valence electrons. The van der Waals surface area contributed by atoms with Crippen molar-refractivity contribution in [2.45, 2.75) is 39.0 Å². The lowest BCUT2D eigenvalue weighted by Gasteiger charge is -2.39. The van der Waals surface area contributed by atoms with Crippen LogP contribution in [-0.2, 0) is 23.9 Å². The summed E-state index contributed by atoms with van der Waals surface area (Å²) in [5.41, 5.74) is 2.99. The lowest BCUT2D eigenvalue weighted by Crippen LogP contribution is -2.43. The van der Waals surface area contributed by atoms with Gasteiger partial charge in [-0.2, -0.15) is 0 Å². The molecule has 2 aliphatic rings. The number of ether oxygens (including phenoxy) is 3. The van der Waals surface area contributed by atoms with Crippen LogP contribution in [0.4, 0.5) is 0 Å². The van der Waals surface area contributed by atoms with Crippen LogP contribution < -0.4 is 10.1 Å². The summed E-state index contributed by atoms with van der Waals surface area (Å²) in [5.74, 6) is -3.52. The first kappa shape index (κ1) is 27.7. The monoisotopic (exact) mass is 557 g/mol. The van der Waals surface area contributed by atoms with Crippen molar-refractivity contribution in [3.63, 3.8) is 0 Å². The number of ketones is 1. The molecule has 0 radical (unpaired) electrons. The van der Waals surface area contributed by atoms with Gasteiger partial charge in [0.15, 0.2) is 5.78 Å². The highest BCUT2D eigenvalue weighted by atomic mass is 35.5. The smallest absolute Gasteiger partial charge is 0.336 e. The van der Waals surface area contributed by atoms with Crippen molar-refractivity contribution in [2.75, 3.05) is 20.3 Å². The fraction of sp³-hybridized carbons (Fsp3) is 0.345. The Bertz CT molecular complexity index is 1350. The number of nitrogens with one attached hydrogen (secondary N) is 1. The summed E-state index contributed by atoms with van der Waals surface area (Å²) in [5, 5.41) is 3.98. The van der Waals surface area contributed by atoms with Gasteiger partial charge < -0.3 is 19.5 Å². The van der Waals surface area contributed by atoms with Gasteiger partial charge in [0.1, 0.15) is 11.7 Å². The lowest BCUT2D eigenvalue weighted by atomic mass is 9.67. The third kappa shape index (κ3) is 5.18. The van der Waals surface area contributed by atoms with E-state index in [1.165, 1.54) is 0 Å². The summed E-state index contributed by atoms with van der Waals surface area (Å²) in [6.07, 6.45) is 0.326. The van der Waals surface area contributed by atoms with E-state index in [4.69, 9.17) is 37.4 Å². The minimum Gasteiger partial charge on any atom is -0.497 e. The van der Waals surface area contributed by atoms with Gasteiger partial charge in [-0.15, -0.1) is 0 Å². The van der Waals surface area contributed by atoms with Gasteiger partial charge in [-0.3, -0.25) is 9.59 Å². The van der Waals surface area contributed by atoms with Gasteiger partial charge in [-0.05, 0) is 62.6 Å². The molecule has 0 amide bonds. The van der Waals surface area contributed by atoms with Crippen molar-refractivity contribution in [2.24, 2.45) is 5.92 Å². The normalized spacial score (nSPS) is 21.0. The van der Waals surface area contributed by atoms with E-state index in [0.717, 1.165) is 5.56 Å². The number of halogens is 2. The zero-order valence-corrected chi connectivity index (χ0v) is 23.1. The summed E-state index contributed by atoms with van der Waals surface area (Å²) < 4.78 is 16.1. The van der Waals surface area contributed by atoms with Gasteiger partial charge in [-0.1, -0.05) is 41.4 Å². The van der Waals surface area contributed by atoms with E-state index in [1.54, 1.807) is 52.1 Å². The van der Waals surface area contributed by atoms with Gasteiger partial charge >= 0.3 is 11.9 Å². The summed E-state index contributed by atoms with van der Waals surface area (Å²) >= 11 is 12.8. The van der Waals surface area contributed by atoms with Crippen LogP contribution in [0.1, 0.15) is 50.2 Å². The second kappa shape index (κ2) is 11.6. The molecule has 0 saturated carbocycles. The standard InChI is InChI=1S/C29H29Cl2NO6/c1-5-37-28(34)23-15(3)32-22-14-20(16-8-7-9-18(12-16)36-4)25(29(35)38-6-2)27(33)26(22)24(23)19-11-10-17(30)13-21(19)31/h7-13,20,24-25,32H,5-6,14H2,1-4H3/t20-,24+,25-/m0/s1. The molecule has 2 aromatic carbocycles. The third-order valence-electron chi connectivity index (χ3n) is 6.85. The van der Waals surface area contributed by atoms with Gasteiger partial charge in [0.25, 0.3) is 0 Å². The van der Waals surface area contributed by atoms with Gasteiger partial charge in [0, 0.05) is 38.8 Å². The Morgan fingerprint density at radius 2 is 1.79 bits per heavy atom. The van der Waals surface area contributed by atoms with Crippen molar-refractivity contribution in [1.82, 2.24) is 5.32 Å². The van der Waals surface area contributed by atoms with Gasteiger partial charge in [0.05, 0.1) is 25.9 Å². The molecule has 0 saturated heterocycles. The number of esters is 2. The highest BCUT2D eigenvalue weighted by Gasteiger charge is 2.49. The molecule has 4 rings (SSSR count). The minimum atomic E-state index is -1.13. The molecule has 0 spiro atoms. The molecular weight excluding hydrogens is 529 g/mol. The maximum Gasteiger partial charge on any atom is 0.336 e. The molecule has 1 aliphatic heterocycles. The number of hydrogen-bond donors (Lipinski definition) is 1. The number of hydrogen-bond acceptors (Lipinski definition) is 7. The molecule has 0 aromatic heterocycles. The first-order chi connectivity index (χ1) is 18.2. The molecule has 0 bridgehead atoms. The molecule has 1 aliphatic carbocycles. The zero-order valence-electron chi connectivity index (χ0n) is 21.6. The molecule has 1 heterocycles. The predicted octanol–water partition coefficient (Wildman–Crippen LogP) is 5.72. The van der Waals surface area contributed by atoms with Crippen LogP contribution in [-0.4, -0.2) is 38.0 Å². The fourth-order valence-electron chi connectivity index (χ4n) is 5.25. The molecule has 2 aromatic rings. The van der Waals surface area contributed by atoms with Crippen molar-refractivity contribution >= 4 is 40.9 Å². The SMILES string of the molecule is CCOC(=O)C1=C(C)NC2=C(C(=O)[C@@H](C(=O)OCC)[C@H](c3cccc(OC)c3)C2)[C@@H]1c1ccc(Cl)cc1Cl. The molecule has 3 atom stereocenters. The van der Waals surface area contributed by atoms with E-state index in [2.05, 4.69) is 5.32 Å². The number of methoxy groups -OCH3 is 1. The van der Waals surface area contributed by atoms with Crippen LogP contribution in [0.2, 0.25) is 10.0 Å². The molecule has 1 N–H and O–H groups in total. The van der Waals surface area contributed by atoms with Gasteiger partial charge in [-0.25, -0.2) is 4.79 Å². The van der Waals surface area contributed by atoms with Crippen LogP contribution in [0.15, 0.2) is 65.0 Å². The molecule has 0 unspecified atom stereocenters. The molecule has 7 nitrogen and oxygen atoms in total. The highest BCUT2D eigenvalue weighted by Crippen LogP contribution is 2.49. The second-order valence-corrected chi connectivity index (χ2v) is 9.90. The van der Waals surface area contributed by atoms with Crippen LogP contribution in [0.5, 0.6) is 5.75 Å². The van der Waals surface area contributed by atoms with E-state index in [0.29, 0.717) is 44.7 Å². The van der Waals surface area contributed by atoms with E-state index >= 15 is 0 Å². The number of rotatable bonds is 7.